The molecule has 6 aromatic rings. The molecule has 35 heavy (non-hydrogen) atoms. The van der Waals surface area contributed by atoms with E-state index >= 15 is 0 Å². The van der Waals surface area contributed by atoms with Crippen LogP contribution in [0.5, 0.6) is 0 Å². The smallest absolute Gasteiger partial charge is 0.212 e. The van der Waals surface area contributed by atoms with E-state index in [4.69, 9.17) is 5.73 Å². The third-order valence-electron chi connectivity index (χ3n) is 5.96. The van der Waals surface area contributed by atoms with Crippen LogP contribution in [-0.2, 0) is 9.84 Å². The van der Waals surface area contributed by atoms with Gasteiger partial charge in [-0.15, -0.1) is 0 Å². The fourth-order valence-electron chi connectivity index (χ4n) is 4.16. The number of H-pyrrole nitrogens is 1. The third kappa shape index (κ3) is 3.36. The van der Waals surface area contributed by atoms with Crippen molar-refractivity contribution in [1.29, 1.82) is 0 Å². The molecule has 0 aliphatic heterocycles. The normalized spacial score (nSPS) is 12.4. The van der Waals surface area contributed by atoms with E-state index in [9.17, 15) is 8.42 Å². The Labute approximate surface area is 200 Å². The zero-order chi connectivity index (χ0) is 24.2. The highest BCUT2D eigenvalue weighted by molar-refractivity contribution is 7.92. The maximum absolute atomic E-state index is 13.7. The van der Waals surface area contributed by atoms with Crippen molar-refractivity contribution in [2.75, 3.05) is 5.73 Å². The molecule has 3 aromatic carbocycles. The number of aromatic nitrogens is 4. The van der Waals surface area contributed by atoms with Gasteiger partial charge in [0, 0.05) is 22.7 Å². The van der Waals surface area contributed by atoms with Gasteiger partial charge in [-0.3, -0.25) is 0 Å². The van der Waals surface area contributed by atoms with Gasteiger partial charge in [0.05, 0.1) is 22.1 Å². The first-order chi connectivity index (χ1) is 16.9. The highest BCUT2D eigenvalue weighted by atomic mass is 32.2. The van der Waals surface area contributed by atoms with Gasteiger partial charge < -0.3 is 10.7 Å². The van der Waals surface area contributed by atoms with Crippen molar-refractivity contribution in [1.82, 2.24) is 19.6 Å². The minimum Gasteiger partial charge on any atom is -0.382 e. The topological polar surface area (TPSA) is 119 Å². The maximum Gasteiger partial charge on any atom is 0.212 e. The molecule has 9 heteroatoms. The highest BCUT2D eigenvalue weighted by Gasteiger charge is 2.30. The predicted molar refractivity (Wildman–Crippen MR) is 137 cm³/mol. The number of nitrogens with two attached hydrogens (primary N) is 1. The van der Waals surface area contributed by atoms with Crippen molar-refractivity contribution in [3.05, 3.63) is 90.1 Å². The van der Waals surface area contributed by atoms with Gasteiger partial charge in [0.2, 0.25) is 9.84 Å². The Bertz CT molecular complexity index is 1880. The summed E-state index contributed by atoms with van der Waals surface area (Å²) < 4.78 is 28.8. The van der Waals surface area contributed by atoms with Crippen LogP contribution in [-0.4, -0.2) is 34.3 Å². The molecular weight excluding hydrogens is 460 g/mol. The Morgan fingerprint density at radius 1 is 0.943 bits per heavy atom. The zero-order valence-corrected chi connectivity index (χ0v) is 19.5. The summed E-state index contributed by atoms with van der Waals surface area (Å²) in [6.45, 7) is 1.90. The number of benzene rings is 3. The number of rotatable bonds is 4. The van der Waals surface area contributed by atoms with Gasteiger partial charge in [-0.2, -0.15) is 9.78 Å². The Kier molecular flexibility index (Phi) is 4.68. The van der Waals surface area contributed by atoms with E-state index in [2.05, 4.69) is 20.1 Å². The molecule has 8 nitrogen and oxygen atoms in total. The summed E-state index contributed by atoms with van der Waals surface area (Å²) >= 11 is 0. The van der Waals surface area contributed by atoms with Gasteiger partial charge >= 0.3 is 0 Å². The molecule has 172 valence electrons. The molecule has 0 unspecified atom stereocenters. The van der Waals surface area contributed by atoms with Crippen molar-refractivity contribution >= 4 is 55.0 Å². The first kappa shape index (κ1) is 21.1. The number of aryl methyl sites for hydroxylation is 1. The average Bonchev–Trinajstić information content (AvgIpc) is 3.39. The summed E-state index contributed by atoms with van der Waals surface area (Å²) in [5.41, 5.74) is 10.8. The van der Waals surface area contributed by atoms with E-state index in [1.54, 1.807) is 36.5 Å². The van der Waals surface area contributed by atoms with Crippen LogP contribution >= 0.6 is 0 Å². The summed E-state index contributed by atoms with van der Waals surface area (Å²) in [6.07, 6.45) is 3.47. The van der Waals surface area contributed by atoms with E-state index < -0.39 is 9.84 Å². The van der Waals surface area contributed by atoms with Gasteiger partial charge in [-0.25, -0.2) is 18.4 Å². The van der Waals surface area contributed by atoms with Gasteiger partial charge in [0.25, 0.3) is 0 Å². The molecule has 0 amide bonds. The lowest BCUT2D eigenvalue weighted by molar-refractivity contribution is 0.597. The number of nitrogens with one attached hydrogen (secondary N) is 1. The van der Waals surface area contributed by atoms with Gasteiger partial charge in [0.15, 0.2) is 5.65 Å². The van der Waals surface area contributed by atoms with Crippen LogP contribution in [0.4, 0.5) is 5.82 Å². The molecule has 3 aromatic heterocycles. The minimum atomic E-state index is -4.00. The number of hydrogen-bond donors (Lipinski definition) is 2. The lowest BCUT2D eigenvalue weighted by Gasteiger charge is -2.05. The number of para-hydroxylation sites is 3. The molecule has 0 bridgehead atoms. The van der Waals surface area contributed by atoms with Crippen LogP contribution in [0, 0.1) is 6.92 Å². The van der Waals surface area contributed by atoms with E-state index in [0.717, 1.165) is 22.0 Å². The Morgan fingerprint density at radius 3 is 2.40 bits per heavy atom. The number of nitrogens with zero attached hydrogens (tertiary/aromatic N) is 4. The van der Waals surface area contributed by atoms with Crippen LogP contribution in [0.25, 0.3) is 33.1 Å². The summed E-state index contributed by atoms with van der Waals surface area (Å²) in [7, 11) is -4.00. The fraction of sp³-hybridized carbons (Fsp3) is 0.0385. The lowest BCUT2D eigenvalue weighted by Crippen LogP contribution is -2.06. The second kappa shape index (κ2) is 7.78. The molecule has 3 heterocycles. The molecule has 0 aliphatic carbocycles. The first-order valence-electron chi connectivity index (χ1n) is 10.9. The summed E-state index contributed by atoms with van der Waals surface area (Å²) in [4.78, 5) is 12.5. The molecule has 3 N–H and O–H groups in total. The van der Waals surface area contributed by atoms with Gasteiger partial charge in [-0.05, 0) is 37.3 Å². The van der Waals surface area contributed by atoms with Crippen molar-refractivity contribution in [2.45, 2.75) is 16.7 Å². The van der Waals surface area contributed by atoms with E-state index in [-0.39, 0.29) is 26.8 Å². The van der Waals surface area contributed by atoms with Crippen LogP contribution in [0.3, 0.4) is 0 Å². The fourth-order valence-corrected chi connectivity index (χ4v) is 5.64. The molecular formula is C26H20N6O2S. The summed E-state index contributed by atoms with van der Waals surface area (Å²) in [5, 5.41) is 5.54. The lowest BCUT2D eigenvalue weighted by atomic mass is 10.2. The van der Waals surface area contributed by atoms with Crippen molar-refractivity contribution < 1.29 is 8.42 Å². The SMILES string of the molecule is Cc1ccc(S(=O)(=O)c2c(N)n(/N=C/c3c[nH]c4ccccc34)c3nc4ccccc4nc23)cc1. The predicted octanol–water partition coefficient (Wildman–Crippen LogP) is 4.67. The minimum absolute atomic E-state index is 0.0491. The average molecular weight is 481 g/mol. The first-order valence-corrected chi connectivity index (χ1v) is 12.4. The second-order valence-corrected chi connectivity index (χ2v) is 10.1. The van der Waals surface area contributed by atoms with Crippen LogP contribution in [0.15, 0.2) is 93.9 Å². The highest BCUT2D eigenvalue weighted by Crippen LogP contribution is 2.35. The largest absolute Gasteiger partial charge is 0.382 e. The van der Waals surface area contributed by atoms with Crippen molar-refractivity contribution in [2.24, 2.45) is 5.10 Å². The van der Waals surface area contributed by atoms with E-state index in [0.29, 0.717) is 11.0 Å². The molecule has 0 saturated heterocycles. The number of sulfone groups is 1. The Balaban J connectivity index is 1.62. The van der Waals surface area contributed by atoms with Crippen molar-refractivity contribution in [3.8, 4) is 0 Å². The van der Waals surface area contributed by atoms with Crippen molar-refractivity contribution in [3.63, 3.8) is 0 Å². The van der Waals surface area contributed by atoms with Gasteiger partial charge in [-0.1, -0.05) is 48.0 Å². The monoisotopic (exact) mass is 480 g/mol. The maximum atomic E-state index is 13.7. The van der Waals surface area contributed by atoms with E-state index in [1.807, 2.05) is 55.6 Å². The summed E-state index contributed by atoms with van der Waals surface area (Å²) in [5.74, 6) is -0.0491. The number of fused-ring (bicyclic) bond motifs is 3. The van der Waals surface area contributed by atoms with Crippen LogP contribution < -0.4 is 5.73 Å². The Hall–Kier alpha value is -4.50. The van der Waals surface area contributed by atoms with E-state index in [1.165, 1.54) is 4.68 Å². The van der Waals surface area contributed by atoms with Crippen LogP contribution in [0.1, 0.15) is 11.1 Å². The number of aromatic amines is 1. The quantitative estimate of drug-likeness (QED) is 0.355. The summed E-state index contributed by atoms with van der Waals surface area (Å²) in [6, 6.07) is 21.7. The Morgan fingerprint density at radius 2 is 1.63 bits per heavy atom. The van der Waals surface area contributed by atoms with Crippen LogP contribution in [0.2, 0.25) is 0 Å². The molecule has 6 rings (SSSR count). The molecule has 0 spiro atoms. The number of anilines is 1. The number of hydrogen-bond acceptors (Lipinski definition) is 6. The number of nitrogen functional groups attached to an aromatic ring is 1. The van der Waals surface area contributed by atoms with Gasteiger partial charge in [0.1, 0.15) is 16.2 Å². The molecule has 0 aliphatic rings. The third-order valence-corrected chi connectivity index (χ3v) is 7.79. The standard InChI is InChI=1S/C26H20N6O2S/c1-16-10-12-18(13-11-16)35(33,34)24-23-26(31-22-9-5-4-8-21(22)30-23)32(25(24)27)29-15-17-14-28-20-7-3-2-6-19(17)20/h2-15,28H,27H2,1H3/b29-15+. The second-order valence-electron chi connectivity index (χ2n) is 8.26. The molecule has 0 atom stereocenters. The molecule has 0 fully saturated rings. The molecule has 0 saturated carbocycles. The molecule has 0 radical (unpaired) electrons. The zero-order valence-electron chi connectivity index (χ0n) is 18.7.